The highest BCUT2D eigenvalue weighted by molar-refractivity contribution is 5.93. The molecular weight excluding hydrogens is 312 g/mol. The summed E-state index contributed by atoms with van der Waals surface area (Å²) in [5.74, 6) is 0.0627. The van der Waals surface area contributed by atoms with Crippen molar-refractivity contribution in [3.8, 4) is 6.07 Å². The molecule has 1 aromatic carbocycles. The van der Waals surface area contributed by atoms with Gasteiger partial charge in [-0.3, -0.25) is 14.7 Å². The summed E-state index contributed by atoms with van der Waals surface area (Å²) in [7, 11) is 0. The van der Waals surface area contributed by atoms with E-state index in [0.717, 1.165) is 44.8 Å². The summed E-state index contributed by atoms with van der Waals surface area (Å²) in [4.78, 5) is 21.1. The van der Waals surface area contributed by atoms with Crippen molar-refractivity contribution in [2.24, 2.45) is 0 Å². The van der Waals surface area contributed by atoms with Crippen LogP contribution in [0.4, 0.5) is 0 Å². The normalized spacial score (nSPS) is 15.4. The zero-order chi connectivity index (χ0) is 17.6. The van der Waals surface area contributed by atoms with Crippen LogP contribution >= 0.6 is 0 Å². The molecule has 1 aliphatic heterocycles. The van der Waals surface area contributed by atoms with Gasteiger partial charge in [-0.15, -0.1) is 0 Å². The van der Waals surface area contributed by atoms with Crippen molar-refractivity contribution < 1.29 is 4.79 Å². The van der Waals surface area contributed by atoms with Crippen molar-refractivity contribution >= 4 is 5.91 Å². The van der Waals surface area contributed by atoms with E-state index in [9.17, 15) is 4.79 Å². The van der Waals surface area contributed by atoms with E-state index in [-0.39, 0.29) is 5.91 Å². The lowest BCUT2D eigenvalue weighted by Crippen LogP contribution is -2.35. The molecule has 3 rings (SSSR count). The maximum Gasteiger partial charge on any atom is 0.255 e. The van der Waals surface area contributed by atoms with E-state index >= 15 is 0 Å². The molecule has 0 N–H and O–H groups in total. The first-order chi connectivity index (χ1) is 12.2. The summed E-state index contributed by atoms with van der Waals surface area (Å²) < 4.78 is 0. The zero-order valence-electron chi connectivity index (χ0n) is 14.5. The Balaban J connectivity index is 1.59. The maximum absolute atomic E-state index is 12.6. The lowest BCUT2D eigenvalue weighted by atomic mass is 10.1. The minimum atomic E-state index is 0.0627. The number of hydrogen-bond acceptors (Lipinski definition) is 4. The van der Waals surface area contributed by atoms with E-state index in [2.05, 4.69) is 16.0 Å². The number of aryl methyl sites for hydroxylation is 1. The first kappa shape index (κ1) is 17.1. The highest BCUT2D eigenvalue weighted by Crippen LogP contribution is 2.12. The highest BCUT2D eigenvalue weighted by atomic mass is 16.2. The van der Waals surface area contributed by atoms with Crippen molar-refractivity contribution in [3.63, 3.8) is 0 Å². The minimum Gasteiger partial charge on any atom is -0.337 e. The summed E-state index contributed by atoms with van der Waals surface area (Å²) >= 11 is 0. The molecule has 1 aliphatic rings. The van der Waals surface area contributed by atoms with Gasteiger partial charge in [0.05, 0.1) is 17.2 Å². The number of amides is 1. The third-order valence-corrected chi connectivity index (χ3v) is 4.52. The fraction of sp³-hybridized carbons (Fsp3) is 0.350. The lowest BCUT2D eigenvalue weighted by molar-refractivity contribution is 0.0760. The fourth-order valence-electron chi connectivity index (χ4n) is 3.05. The van der Waals surface area contributed by atoms with Gasteiger partial charge < -0.3 is 4.90 Å². The van der Waals surface area contributed by atoms with E-state index in [1.807, 2.05) is 48.2 Å². The van der Waals surface area contributed by atoms with Crippen LogP contribution < -0.4 is 0 Å². The average molecular weight is 334 g/mol. The van der Waals surface area contributed by atoms with Crippen LogP contribution in [0.2, 0.25) is 0 Å². The predicted molar refractivity (Wildman–Crippen MR) is 95.9 cm³/mol. The molecular formula is C20H22N4O. The SMILES string of the molecule is Cc1ccc(C(=O)N2CCCN(Cc3ccc(C#N)cc3)CC2)cn1. The molecule has 1 saturated heterocycles. The number of hydrogen-bond donors (Lipinski definition) is 0. The smallest absolute Gasteiger partial charge is 0.255 e. The van der Waals surface area contributed by atoms with Crippen LogP contribution in [0.1, 0.15) is 33.6 Å². The number of rotatable bonds is 3. The molecule has 25 heavy (non-hydrogen) atoms. The van der Waals surface area contributed by atoms with Gasteiger partial charge in [-0.25, -0.2) is 0 Å². The van der Waals surface area contributed by atoms with Gasteiger partial charge in [-0.05, 0) is 43.2 Å². The van der Waals surface area contributed by atoms with E-state index in [4.69, 9.17) is 5.26 Å². The van der Waals surface area contributed by atoms with Gasteiger partial charge in [0.25, 0.3) is 5.91 Å². The number of aromatic nitrogens is 1. The number of nitriles is 1. The van der Waals surface area contributed by atoms with Crippen LogP contribution in [0, 0.1) is 18.3 Å². The van der Waals surface area contributed by atoms with Crippen LogP contribution in [0.25, 0.3) is 0 Å². The zero-order valence-corrected chi connectivity index (χ0v) is 14.5. The number of carbonyl (C=O) groups excluding carboxylic acids is 1. The molecule has 1 fully saturated rings. The van der Waals surface area contributed by atoms with Crippen LogP contribution in [-0.4, -0.2) is 46.9 Å². The first-order valence-electron chi connectivity index (χ1n) is 8.59. The quantitative estimate of drug-likeness (QED) is 0.866. The molecule has 0 spiro atoms. The van der Waals surface area contributed by atoms with Gasteiger partial charge >= 0.3 is 0 Å². The molecule has 128 valence electrons. The lowest BCUT2D eigenvalue weighted by Gasteiger charge is -2.22. The molecule has 2 heterocycles. The van der Waals surface area contributed by atoms with Gasteiger partial charge in [0.1, 0.15) is 0 Å². The van der Waals surface area contributed by atoms with Crippen LogP contribution in [0.3, 0.4) is 0 Å². The second kappa shape index (κ2) is 7.91. The van der Waals surface area contributed by atoms with Gasteiger partial charge in [-0.1, -0.05) is 12.1 Å². The van der Waals surface area contributed by atoms with Gasteiger partial charge in [-0.2, -0.15) is 5.26 Å². The van der Waals surface area contributed by atoms with E-state index in [1.165, 1.54) is 5.56 Å². The molecule has 5 heteroatoms. The number of pyridine rings is 1. The van der Waals surface area contributed by atoms with Crippen molar-refractivity contribution in [3.05, 3.63) is 65.0 Å². The number of carbonyl (C=O) groups is 1. The molecule has 0 saturated carbocycles. The molecule has 1 amide bonds. The number of benzene rings is 1. The largest absolute Gasteiger partial charge is 0.337 e. The van der Waals surface area contributed by atoms with Crippen molar-refractivity contribution in [2.75, 3.05) is 26.2 Å². The van der Waals surface area contributed by atoms with Crippen molar-refractivity contribution in [2.45, 2.75) is 19.9 Å². The van der Waals surface area contributed by atoms with E-state index in [1.54, 1.807) is 6.20 Å². The van der Waals surface area contributed by atoms with Crippen molar-refractivity contribution in [1.29, 1.82) is 5.26 Å². The molecule has 0 aliphatic carbocycles. The van der Waals surface area contributed by atoms with Crippen LogP contribution in [-0.2, 0) is 6.54 Å². The molecule has 1 aromatic heterocycles. The van der Waals surface area contributed by atoms with Crippen molar-refractivity contribution in [1.82, 2.24) is 14.8 Å². The summed E-state index contributed by atoms with van der Waals surface area (Å²) in [6, 6.07) is 13.6. The summed E-state index contributed by atoms with van der Waals surface area (Å²) in [6.07, 6.45) is 2.62. The Morgan fingerprint density at radius 3 is 2.60 bits per heavy atom. The molecule has 2 aromatic rings. The molecule has 0 radical (unpaired) electrons. The Bertz CT molecular complexity index is 762. The monoisotopic (exact) mass is 334 g/mol. The van der Waals surface area contributed by atoms with Gasteiger partial charge in [0.2, 0.25) is 0 Å². The predicted octanol–water partition coefficient (Wildman–Crippen LogP) is 2.61. The topological polar surface area (TPSA) is 60.2 Å². The fourth-order valence-corrected chi connectivity index (χ4v) is 3.05. The van der Waals surface area contributed by atoms with Crippen LogP contribution in [0.5, 0.6) is 0 Å². The standard InChI is InChI=1S/C20H22N4O/c1-16-3-8-19(14-22-16)20(25)24-10-2-9-23(11-12-24)15-18-6-4-17(13-21)5-7-18/h3-8,14H,2,9-12,15H2,1H3. The Morgan fingerprint density at radius 2 is 1.92 bits per heavy atom. The molecule has 0 unspecified atom stereocenters. The third-order valence-electron chi connectivity index (χ3n) is 4.52. The maximum atomic E-state index is 12.6. The minimum absolute atomic E-state index is 0.0627. The van der Waals surface area contributed by atoms with E-state index in [0.29, 0.717) is 11.1 Å². The highest BCUT2D eigenvalue weighted by Gasteiger charge is 2.20. The summed E-state index contributed by atoms with van der Waals surface area (Å²) in [5.41, 5.74) is 3.46. The second-order valence-electron chi connectivity index (χ2n) is 6.42. The van der Waals surface area contributed by atoms with Crippen LogP contribution in [0.15, 0.2) is 42.6 Å². The summed E-state index contributed by atoms with van der Waals surface area (Å²) in [6.45, 7) is 6.08. The summed E-state index contributed by atoms with van der Waals surface area (Å²) in [5, 5.41) is 8.88. The van der Waals surface area contributed by atoms with E-state index < -0.39 is 0 Å². The number of nitrogens with zero attached hydrogens (tertiary/aromatic N) is 4. The molecule has 0 bridgehead atoms. The Kier molecular flexibility index (Phi) is 5.42. The molecule has 5 nitrogen and oxygen atoms in total. The first-order valence-corrected chi connectivity index (χ1v) is 8.59. The molecule has 0 atom stereocenters. The third kappa shape index (κ3) is 4.43. The van der Waals surface area contributed by atoms with Gasteiger partial charge in [0.15, 0.2) is 0 Å². The average Bonchev–Trinajstić information content (AvgIpc) is 2.88. The Hall–Kier alpha value is -2.71. The Morgan fingerprint density at radius 1 is 1.12 bits per heavy atom. The van der Waals surface area contributed by atoms with Gasteiger partial charge in [0, 0.05) is 44.6 Å². The Labute approximate surface area is 148 Å². The second-order valence-corrected chi connectivity index (χ2v) is 6.42.